The Morgan fingerprint density at radius 2 is 1.43 bits per heavy atom. The third-order valence-corrected chi connectivity index (χ3v) is 6.66. The van der Waals surface area contributed by atoms with E-state index in [1.54, 1.807) is 22.6 Å². The minimum absolute atomic E-state index is 0.224. The average molecular weight is 506 g/mol. The van der Waals surface area contributed by atoms with Gasteiger partial charge in [-0.15, -0.1) is 0 Å². The second kappa shape index (κ2) is 8.29. The summed E-state index contributed by atoms with van der Waals surface area (Å²) in [5.74, 6) is -2.53. The lowest BCUT2D eigenvalue weighted by atomic mass is 9.92. The molecular weight excluding hydrogens is 479 g/mol. The van der Waals surface area contributed by atoms with Crippen molar-refractivity contribution in [3.05, 3.63) is 10.2 Å². The molecule has 4 aliphatic rings. The standard InChI is InChI=1S/C20H27IO7/c1-13(21)18(23)24-10-14(22)17(15-11-25-19(27-15)6-2-3-7-19)16-12-26-20(28-16)8-4-5-9-20/h15-17H,1-12H2. The number of ether oxygens (including phenoxy) is 5. The summed E-state index contributed by atoms with van der Waals surface area (Å²) in [5, 5.41) is 0. The number of carbonyl (C=O) groups is 2. The summed E-state index contributed by atoms with van der Waals surface area (Å²) < 4.78 is 29.9. The van der Waals surface area contributed by atoms with Gasteiger partial charge in [-0.1, -0.05) is 6.58 Å². The molecule has 2 heterocycles. The van der Waals surface area contributed by atoms with E-state index >= 15 is 0 Å². The van der Waals surface area contributed by atoms with Gasteiger partial charge >= 0.3 is 5.97 Å². The smallest absolute Gasteiger partial charge is 0.344 e. The van der Waals surface area contributed by atoms with Crippen LogP contribution in [0.15, 0.2) is 10.2 Å². The molecule has 2 unspecified atom stereocenters. The fourth-order valence-electron chi connectivity index (χ4n) is 4.83. The number of halogens is 1. The molecule has 2 aliphatic carbocycles. The first-order valence-corrected chi connectivity index (χ1v) is 11.2. The lowest BCUT2D eigenvalue weighted by Gasteiger charge is -2.29. The van der Waals surface area contributed by atoms with Gasteiger partial charge in [0.05, 0.1) is 34.9 Å². The van der Waals surface area contributed by atoms with E-state index in [0.29, 0.717) is 13.2 Å². The number of hydrogen-bond donors (Lipinski definition) is 0. The molecule has 0 radical (unpaired) electrons. The van der Waals surface area contributed by atoms with Crippen molar-refractivity contribution in [2.75, 3.05) is 19.8 Å². The molecule has 28 heavy (non-hydrogen) atoms. The first kappa shape index (κ1) is 20.7. The van der Waals surface area contributed by atoms with Gasteiger partial charge in [-0.3, -0.25) is 4.79 Å². The summed E-state index contributed by atoms with van der Waals surface area (Å²) in [7, 11) is 0. The largest absolute Gasteiger partial charge is 0.454 e. The molecule has 2 saturated carbocycles. The quantitative estimate of drug-likeness (QED) is 0.311. The van der Waals surface area contributed by atoms with Crippen LogP contribution in [0.2, 0.25) is 0 Å². The predicted molar refractivity (Wildman–Crippen MR) is 107 cm³/mol. The van der Waals surface area contributed by atoms with Gasteiger partial charge in [0.1, 0.15) is 0 Å². The van der Waals surface area contributed by atoms with Gasteiger partial charge < -0.3 is 23.7 Å². The van der Waals surface area contributed by atoms with Crippen molar-refractivity contribution in [3.63, 3.8) is 0 Å². The Bertz CT molecular complexity index is 602. The van der Waals surface area contributed by atoms with E-state index in [1.807, 2.05) is 0 Å². The zero-order valence-corrected chi connectivity index (χ0v) is 18.1. The fourth-order valence-corrected chi connectivity index (χ4v) is 4.98. The van der Waals surface area contributed by atoms with Crippen LogP contribution in [0.1, 0.15) is 51.4 Å². The highest BCUT2D eigenvalue weighted by Gasteiger charge is 2.54. The SMILES string of the molecule is C=C(I)C(=O)OCC(=O)C(C1COC2(CCCC2)O1)C1COC2(CCCC2)O1. The van der Waals surface area contributed by atoms with Crippen LogP contribution >= 0.6 is 22.6 Å². The van der Waals surface area contributed by atoms with E-state index in [1.165, 1.54) is 0 Å². The first-order valence-electron chi connectivity index (χ1n) is 10.1. The number of hydrogen-bond acceptors (Lipinski definition) is 7. The molecule has 156 valence electrons. The summed E-state index contributed by atoms with van der Waals surface area (Å²) in [6.45, 7) is 3.90. The Kier molecular flexibility index (Phi) is 6.13. The van der Waals surface area contributed by atoms with Crippen molar-refractivity contribution < 1.29 is 33.3 Å². The van der Waals surface area contributed by atoms with Crippen LogP contribution < -0.4 is 0 Å². The van der Waals surface area contributed by atoms with Crippen LogP contribution in [0.4, 0.5) is 0 Å². The number of Topliss-reactive ketones (excluding diaryl/α,β-unsaturated/α-hetero) is 1. The maximum Gasteiger partial charge on any atom is 0.344 e. The molecule has 0 amide bonds. The average Bonchev–Trinajstić information content (AvgIpc) is 3.46. The van der Waals surface area contributed by atoms with Crippen LogP contribution in [0.5, 0.6) is 0 Å². The summed E-state index contributed by atoms with van der Waals surface area (Å²) in [6, 6.07) is 0. The van der Waals surface area contributed by atoms with E-state index in [4.69, 9.17) is 23.7 Å². The number of carbonyl (C=O) groups excluding carboxylic acids is 2. The molecule has 2 spiro atoms. The first-order chi connectivity index (χ1) is 13.4. The molecule has 4 fully saturated rings. The maximum absolute atomic E-state index is 13.1. The summed E-state index contributed by atoms with van der Waals surface area (Å²) in [5.41, 5.74) is 0. The van der Waals surface area contributed by atoms with E-state index in [2.05, 4.69) is 6.58 Å². The molecule has 8 heteroatoms. The molecule has 0 aromatic rings. The summed E-state index contributed by atoms with van der Waals surface area (Å²) >= 11 is 1.78. The highest BCUT2D eigenvalue weighted by molar-refractivity contribution is 14.1. The van der Waals surface area contributed by atoms with Gasteiger partial charge in [-0.05, 0) is 48.3 Å². The topological polar surface area (TPSA) is 80.3 Å². The molecule has 2 aliphatic heterocycles. The lowest BCUT2D eigenvalue weighted by molar-refractivity contribution is -0.188. The lowest BCUT2D eigenvalue weighted by Crippen LogP contribution is -2.44. The van der Waals surface area contributed by atoms with Crippen LogP contribution in [0.25, 0.3) is 0 Å². The van der Waals surface area contributed by atoms with E-state index in [-0.39, 0.29) is 16.0 Å². The minimum Gasteiger partial charge on any atom is -0.454 e. The van der Waals surface area contributed by atoms with Gasteiger partial charge in [0.15, 0.2) is 24.0 Å². The zero-order chi connectivity index (χ0) is 19.8. The van der Waals surface area contributed by atoms with Crippen LogP contribution in [0, 0.1) is 5.92 Å². The predicted octanol–water partition coefficient (Wildman–Crippen LogP) is 3.04. The highest BCUT2D eigenvalue weighted by Crippen LogP contribution is 2.45. The summed E-state index contributed by atoms with van der Waals surface area (Å²) in [6.07, 6.45) is 6.80. The molecule has 4 rings (SSSR count). The molecule has 0 bridgehead atoms. The van der Waals surface area contributed by atoms with Crippen molar-refractivity contribution in [1.29, 1.82) is 0 Å². The van der Waals surface area contributed by atoms with Crippen molar-refractivity contribution in [1.82, 2.24) is 0 Å². The normalized spacial score (nSPS) is 31.5. The second-order valence-corrected chi connectivity index (χ2v) is 9.45. The minimum atomic E-state index is -0.588. The third kappa shape index (κ3) is 4.16. The van der Waals surface area contributed by atoms with E-state index in [0.717, 1.165) is 51.4 Å². The third-order valence-electron chi connectivity index (χ3n) is 6.22. The van der Waals surface area contributed by atoms with Crippen molar-refractivity contribution in [3.8, 4) is 0 Å². The summed E-state index contributed by atoms with van der Waals surface area (Å²) in [4.78, 5) is 24.8. The maximum atomic E-state index is 13.1. The Labute approximate surface area is 178 Å². The van der Waals surface area contributed by atoms with Gasteiger partial charge in [0, 0.05) is 25.7 Å². The Balaban J connectivity index is 1.47. The van der Waals surface area contributed by atoms with Gasteiger partial charge in [0.25, 0.3) is 0 Å². The van der Waals surface area contributed by atoms with E-state index < -0.39 is 35.7 Å². The Morgan fingerprint density at radius 3 is 1.86 bits per heavy atom. The molecule has 2 saturated heterocycles. The number of ketones is 1. The molecule has 0 N–H and O–H groups in total. The Hall–Kier alpha value is -0.550. The van der Waals surface area contributed by atoms with Crippen molar-refractivity contribution >= 4 is 34.3 Å². The van der Waals surface area contributed by atoms with Crippen molar-refractivity contribution in [2.24, 2.45) is 5.92 Å². The van der Waals surface area contributed by atoms with Gasteiger partial charge in [0.2, 0.25) is 0 Å². The highest BCUT2D eigenvalue weighted by atomic mass is 127. The molecular formula is C20H27IO7. The Morgan fingerprint density at radius 1 is 0.964 bits per heavy atom. The van der Waals surface area contributed by atoms with Gasteiger partial charge in [-0.25, -0.2) is 4.79 Å². The molecule has 2 atom stereocenters. The van der Waals surface area contributed by atoms with Crippen LogP contribution in [-0.4, -0.2) is 55.4 Å². The molecule has 7 nitrogen and oxygen atoms in total. The zero-order valence-electron chi connectivity index (χ0n) is 16.0. The van der Waals surface area contributed by atoms with Crippen LogP contribution in [0.3, 0.4) is 0 Å². The van der Waals surface area contributed by atoms with E-state index in [9.17, 15) is 9.59 Å². The van der Waals surface area contributed by atoms with Crippen molar-refractivity contribution in [2.45, 2.75) is 75.1 Å². The second-order valence-electron chi connectivity index (χ2n) is 8.14. The van der Waals surface area contributed by atoms with Gasteiger partial charge in [-0.2, -0.15) is 0 Å². The number of rotatable bonds is 6. The number of esters is 1. The molecule has 0 aromatic carbocycles. The monoisotopic (exact) mass is 506 g/mol. The molecule has 0 aromatic heterocycles. The van der Waals surface area contributed by atoms with Crippen LogP contribution in [-0.2, 0) is 33.3 Å². The fraction of sp³-hybridized carbons (Fsp3) is 0.800.